The van der Waals surface area contributed by atoms with Crippen LogP contribution in [0.3, 0.4) is 0 Å². The first kappa shape index (κ1) is 37.2. The molecule has 0 heterocycles. The van der Waals surface area contributed by atoms with Crippen LogP contribution in [-0.4, -0.2) is 39.1 Å². The molecule has 8 N–H and O–H groups in total. The third-order valence-electron chi connectivity index (χ3n) is 6.77. The Labute approximate surface area is 310 Å². The van der Waals surface area contributed by atoms with Crippen molar-refractivity contribution >= 4 is 101 Å². The average Bonchev–Trinajstić information content (AvgIpc) is 3.10. The second-order valence-corrected chi connectivity index (χ2v) is 14.7. The molecule has 0 aliphatic rings. The first-order valence-electron chi connectivity index (χ1n) is 15.1. The molecule has 5 rings (SSSR count). The van der Waals surface area contributed by atoms with Crippen LogP contribution in [0, 0.1) is 0 Å². The highest BCUT2D eigenvalue weighted by atomic mass is 32.2. The van der Waals surface area contributed by atoms with Crippen molar-refractivity contribution in [2.45, 2.75) is 9.79 Å². The molecule has 0 atom stereocenters. The van der Waals surface area contributed by atoms with Gasteiger partial charge < -0.3 is 31.9 Å². The number of para-hydroxylation sites is 4. The molecular formula is C34H30N8O6S4. The molecule has 0 radical (unpaired) electrons. The lowest BCUT2D eigenvalue weighted by molar-refractivity contribution is 0.255. The monoisotopic (exact) mass is 774 g/mol. The van der Waals surface area contributed by atoms with E-state index in [0.717, 1.165) is 0 Å². The van der Waals surface area contributed by atoms with Crippen molar-refractivity contribution in [1.82, 2.24) is 9.44 Å². The van der Waals surface area contributed by atoms with Gasteiger partial charge >= 0.3 is 12.1 Å². The molecule has 5 aromatic rings. The summed E-state index contributed by atoms with van der Waals surface area (Å²) in [5, 5.41) is 16.6. The van der Waals surface area contributed by atoms with E-state index in [1.54, 1.807) is 36.4 Å². The summed E-state index contributed by atoms with van der Waals surface area (Å²) in [5.41, 5.74) is 2.00. The molecule has 52 heavy (non-hydrogen) atoms. The number of sulfonamides is 2. The van der Waals surface area contributed by atoms with E-state index in [2.05, 4.69) is 31.9 Å². The number of hydrogen-bond donors (Lipinski definition) is 8. The molecule has 0 aliphatic carbocycles. The van der Waals surface area contributed by atoms with Gasteiger partial charge in [0.05, 0.1) is 11.4 Å². The van der Waals surface area contributed by atoms with Gasteiger partial charge in [-0.25, -0.2) is 35.9 Å². The van der Waals surface area contributed by atoms with Crippen molar-refractivity contribution in [3.8, 4) is 0 Å². The molecule has 14 nitrogen and oxygen atoms in total. The van der Waals surface area contributed by atoms with Gasteiger partial charge in [0.2, 0.25) is 0 Å². The van der Waals surface area contributed by atoms with Gasteiger partial charge in [-0.05, 0) is 97.2 Å². The van der Waals surface area contributed by atoms with Gasteiger partial charge in [-0.2, -0.15) is 0 Å². The van der Waals surface area contributed by atoms with Gasteiger partial charge in [0.15, 0.2) is 10.2 Å². The molecular weight excluding hydrogens is 745 g/mol. The third kappa shape index (κ3) is 10.5. The van der Waals surface area contributed by atoms with Crippen LogP contribution in [0.25, 0.3) is 0 Å². The fourth-order valence-corrected chi connectivity index (χ4v) is 7.12. The van der Waals surface area contributed by atoms with Crippen molar-refractivity contribution in [3.63, 3.8) is 0 Å². The van der Waals surface area contributed by atoms with E-state index in [-0.39, 0.29) is 42.8 Å². The Bertz CT molecular complexity index is 2150. The fourth-order valence-electron chi connectivity index (χ4n) is 4.52. The highest BCUT2D eigenvalue weighted by molar-refractivity contribution is 7.90. The van der Waals surface area contributed by atoms with Gasteiger partial charge in [-0.3, -0.25) is 0 Å². The molecule has 0 spiro atoms. The normalized spacial score (nSPS) is 10.9. The summed E-state index contributed by atoms with van der Waals surface area (Å²) in [6, 6.07) is 33.2. The Hall–Kier alpha value is -6.08. The second kappa shape index (κ2) is 16.8. The van der Waals surface area contributed by atoms with E-state index in [1.165, 1.54) is 60.7 Å². The van der Waals surface area contributed by atoms with E-state index >= 15 is 0 Å². The fraction of sp³-hybridized carbons (Fsp3) is 0. The molecule has 266 valence electrons. The van der Waals surface area contributed by atoms with Crippen LogP contribution in [0.4, 0.5) is 43.7 Å². The summed E-state index contributed by atoms with van der Waals surface area (Å²) in [4.78, 5) is 24.9. The van der Waals surface area contributed by atoms with Crippen LogP contribution >= 0.6 is 24.4 Å². The van der Waals surface area contributed by atoms with Crippen molar-refractivity contribution < 1.29 is 26.4 Å². The number of nitrogens with one attached hydrogen (secondary N) is 8. The topological polar surface area (TPSA) is 199 Å². The minimum Gasteiger partial charge on any atom is -0.332 e. The Morgan fingerprint density at radius 3 is 1.06 bits per heavy atom. The lowest BCUT2D eigenvalue weighted by Gasteiger charge is -2.15. The number of thiocarbonyl (C=S) groups is 2. The Balaban J connectivity index is 1.15. The van der Waals surface area contributed by atoms with Crippen molar-refractivity contribution in [2.24, 2.45) is 0 Å². The Kier molecular flexibility index (Phi) is 12.0. The van der Waals surface area contributed by atoms with E-state index in [0.29, 0.717) is 11.4 Å². The molecule has 0 fully saturated rings. The van der Waals surface area contributed by atoms with Crippen molar-refractivity contribution in [1.29, 1.82) is 0 Å². The standard InChI is InChI=1S/C34H30N8O6S4/c43-31(41-51(45,46)29-17-9-7-15-27(29)39-33(49)37-23-11-3-1-4-12-23)35-25-19-21-26(22-20-25)36-32(44)42-52(47,48)30-18-10-8-16-28(30)40-34(50)38-24-13-5-2-6-14-24/h1-22H,(H2,35,41,43)(H2,36,42,44)(H2,37,39,49)(H2,38,40,50). The van der Waals surface area contributed by atoms with E-state index in [9.17, 15) is 26.4 Å². The number of amides is 4. The number of urea groups is 2. The summed E-state index contributed by atoms with van der Waals surface area (Å²) in [5.74, 6) is 0. The number of hydrogen-bond acceptors (Lipinski definition) is 8. The number of anilines is 6. The van der Waals surface area contributed by atoms with E-state index < -0.39 is 32.1 Å². The molecule has 5 aromatic carbocycles. The lowest BCUT2D eigenvalue weighted by atomic mass is 10.3. The van der Waals surface area contributed by atoms with Gasteiger partial charge in [0.1, 0.15) is 9.79 Å². The molecule has 0 bridgehead atoms. The Morgan fingerprint density at radius 2 is 0.692 bits per heavy atom. The maximum atomic E-state index is 13.1. The van der Waals surface area contributed by atoms with Crippen LogP contribution in [0.5, 0.6) is 0 Å². The van der Waals surface area contributed by atoms with Crippen LogP contribution in [-0.2, 0) is 20.0 Å². The SMILES string of the molecule is O=C(Nc1ccc(NC(=O)NS(=O)(=O)c2ccccc2NC(=S)Nc2ccccc2)cc1)NS(=O)(=O)c1ccccc1NC(=S)Nc1ccccc1. The number of carbonyl (C=O) groups is 2. The zero-order chi connectivity index (χ0) is 37.1. The van der Waals surface area contributed by atoms with Crippen LogP contribution in [0.1, 0.15) is 0 Å². The van der Waals surface area contributed by atoms with E-state index in [1.807, 2.05) is 45.8 Å². The van der Waals surface area contributed by atoms with Gasteiger partial charge in [-0.1, -0.05) is 60.7 Å². The minimum absolute atomic E-state index is 0.134. The average molecular weight is 775 g/mol. The second-order valence-electron chi connectivity index (χ2n) is 10.6. The summed E-state index contributed by atoms with van der Waals surface area (Å²) in [6.45, 7) is 0. The number of carbonyl (C=O) groups excluding carboxylic acids is 2. The van der Waals surface area contributed by atoms with Crippen molar-refractivity contribution in [2.75, 3.05) is 31.9 Å². The van der Waals surface area contributed by atoms with Crippen LogP contribution in [0.15, 0.2) is 143 Å². The molecule has 0 aromatic heterocycles. The predicted octanol–water partition coefficient (Wildman–Crippen LogP) is 6.33. The molecule has 0 saturated heterocycles. The summed E-state index contributed by atoms with van der Waals surface area (Å²) in [7, 11) is -8.73. The molecule has 18 heteroatoms. The maximum absolute atomic E-state index is 13.1. The smallest absolute Gasteiger partial charge is 0.332 e. The van der Waals surface area contributed by atoms with Gasteiger partial charge in [0, 0.05) is 22.7 Å². The number of benzene rings is 5. The zero-order valence-corrected chi connectivity index (χ0v) is 30.1. The van der Waals surface area contributed by atoms with Gasteiger partial charge in [0.25, 0.3) is 20.0 Å². The summed E-state index contributed by atoms with van der Waals surface area (Å²) in [6.07, 6.45) is 0. The number of rotatable bonds is 10. The first-order chi connectivity index (χ1) is 24.9. The first-order valence-corrected chi connectivity index (χ1v) is 18.9. The van der Waals surface area contributed by atoms with Gasteiger partial charge in [-0.15, -0.1) is 0 Å². The van der Waals surface area contributed by atoms with E-state index in [4.69, 9.17) is 24.4 Å². The highest BCUT2D eigenvalue weighted by Crippen LogP contribution is 2.23. The molecule has 0 saturated carbocycles. The zero-order valence-electron chi connectivity index (χ0n) is 26.8. The summed E-state index contributed by atoms with van der Waals surface area (Å²) < 4.78 is 56.5. The van der Waals surface area contributed by atoms with Crippen molar-refractivity contribution in [3.05, 3.63) is 133 Å². The third-order valence-corrected chi connectivity index (χ3v) is 9.95. The predicted molar refractivity (Wildman–Crippen MR) is 211 cm³/mol. The summed E-state index contributed by atoms with van der Waals surface area (Å²) >= 11 is 10.6. The molecule has 4 amide bonds. The maximum Gasteiger partial charge on any atom is 0.333 e. The minimum atomic E-state index is -4.37. The molecule has 0 aliphatic heterocycles. The highest BCUT2D eigenvalue weighted by Gasteiger charge is 2.23. The largest absolute Gasteiger partial charge is 0.333 e. The van der Waals surface area contributed by atoms with Crippen LogP contribution < -0.4 is 41.3 Å². The Morgan fingerprint density at radius 1 is 0.385 bits per heavy atom. The lowest BCUT2D eigenvalue weighted by Crippen LogP contribution is -2.35. The molecule has 0 unspecified atom stereocenters. The quantitative estimate of drug-likeness (QED) is 0.0736. The van der Waals surface area contributed by atoms with Crippen LogP contribution in [0.2, 0.25) is 0 Å².